The van der Waals surface area contributed by atoms with E-state index in [1.54, 1.807) is 0 Å². The van der Waals surface area contributed by atoms with E-state index in [0.717, 1.165) is 6.54 Å². The van der Waals surface area contributed by atoms with Crippen LogP contribution in [0.1, 0.15) is 0 Å². The van der Waals surface area contributed by atoms with Crippen molar-refractivity contribution in [1.82, 2.24) is 16.2 Å². The highest BCUT2D eigenvalue weighted by Crippen LogP contribution is 1.57. The summed E-state index contributed by atoms with van der Waals surface area (Å²) in [4.78, 5) is 9.87. The van der Waals surface area contributed by atoms with Crippen LogP contribution < -0.4 is 21.9 Å². The SMILES string of the molecule is NCCNCCNNC(=O)O. The molecule has 0 rings (SSSR count). The molecule has 6 N–H and O–H groups in total. The molecule has 66 valence electrons. The lowest BCUT2D eigenvalue weighted by molar-refractivity contribution is 0.189. The summed E-state index contributed by atoms with van der Waals surface area (Å²) in [7, 11) is 0. The molecule has 0 fully saturated rings. The molecular formula is C5H14N4O2. The predicted molar refractivity (Wildman–Crippen MR) is 41.1 cm³/mol. The molecule has 6 heteroatoms. The molecular weight excluding hydrogens is 148 g/mol. The van der Waals surface area contributed by atoms with Gasteiger partial charge in [-0.15, -0.1) is 0 Å². The summed E-state index contributed by atoms with van der Waals surface area (Å²) in [6, 6.07) is 0. The number of carbonyl (C=O) groups is 1. The Kier molecular flexibility index (Phi) is 6.70. The number of nitrogens with two attached hydrogens (primary N) is 1. The molecule has 0 aromatic carbocycles. The van der Waals surface area contributed by atoms with Gasteiger partial charge in [0.15, 0.2) is 0 Å². The van der Waals surface area contributed by atoms with Crippen LogP contribution in [0, 0.1) is 0 Å². The van der Waals surface area contributed by atoms with E-state index in [2.05, 4.69) is 10.7 Å². The van der Waals surface area contributed by atoms with Crippen LogP contribution in [0.2, 0.25) is 0 Å². The number of amides is 1. The Morgan fingerprint density at radius 3 is 2.64 bits per heavy atom. The maximum absolute atomic E-state index is 9.87. The van der Waals surface area contributed by atoms with E-state index < -0.39 is 6.09 Å². The largest absolute Gasteiger partial charge is 0.464 e. The van der Waals surface area contributed by atoms with Crippen molar-refractivity contribution in [3.63, 3.8) is 0 Å². The van der Waals surface area contributed by atoms with E-state index in [1.807, 2.05) is 5.43 Å². The number of rotatable bonds is 6. The lowest BCUT2D eigenvalue weighted by Gasteiger charge is -2.03. The van der Waals surface area contributed by atoms with Crippen molar-refractivity contribution >= 4 is 6.09 Å². The van der Waals surface area contributed by atoms with Crippen LogP contribution >= 0.6 is 0 Å². The Morgan fingerprint density at radius 1 is 1.36 bits per heavy atom. The third kappa shape index (κ3) is 9.15. The maximum atomic E-state index is 9.87. The minimum Gasteiger partial charge on any atom is -0.464 e. The first-order valence-electron chi connectivity index (χ1n) is 3.40. The van der Waals surface area contributed by atoms with Crippen LogP contribution in [0.15, 0.2) is 0 Å². The molecule has 0 heterocycles. The zero-order chi connectivity index (χ0) is 8.53. The first kappa shape index (κ1) is 10.2. The fraction of sp³-hybridized carbons (Fsp3) is 0.800. The Bertz CT molecular complexity index is 109. The van der Waals surface area contributed by atoms with Gasteiger partial charge in [0.2, 0.25) is 0 Å². The summed E-state index contributed by atoms with van der Waals surface area (Å²) in [5.74, 6) is 0. The average molecular weight is 162 g/mol. The zero-order valence-electron chi connectivity index (χ0n) is 6.26. The third-order valence-electron chi connectivity index (χ3n) is 0.943. The van der Waals surface area contributed by atoms with Gasteiger partial charge in [0, 0.05) is 26.2 Å². The summed E-state index contributed by atoms with van der Waals surface area (Å²) in [6.45, 7) is 2.57. The van der Waals surface area contributed by atoms with Crippen LogP contribution in [0.3, 0.4) is 0 Å². The summed E-state index contributed by atoms with van der Waals surface area (Å²) < 4.78 is 0. The van der Waals surface area contributed by atoms with E-state index in [-0.39, 0.29) is 0 Å². The van der Waals surface area contributed by atoms with Gasteiger partial charge < -0.3 is 16.2 Å². The van der Waals surface area contributed by atoms with Crippen molar-refractivity contribution in [2.45, 2.75) is 0 Å². The van der Waals surface area contributed by atoms with Crippen LogP contribution in [-0.4, -0.2) is 37.4 Å². The number of hydrazine groups is 1. The molecule has 11 heavy (non-hydrogen) atoms. The molecule has 0 radical (unpaired) electrons. The third-order valence-corrected chi connectivity index (χ3v) is 0.943. The summed E-state index contributed by atoms with van der Waals surface area (Å²) in [6.07, 6.45) is -1.08. The minimum absolute atomic E-state index is 0.548. The first-order chi connectivity index (χ1) is 5.27. The Hall–Kier alpha value is -0.850. The van der Waals surface area contributed by atoms with Crippen molar-refractivity contribution < 1.29 is 9.90 Å². The lowest BCUT2D eigenvalue weighted by Crippen LogP contribution is -2.40. The molecule has 0 aromatic rings. The van der Waals surface area contributed by atoms with Gasteiger partial charge in [-0.2, -0.15) is 0 Å². The maximum Gasteiger partial charge on any atom is 0.419 e. The Morgan fingerprint density at radius 2 is 2.09 bits per heavy atom. The lowest BCUT2D eigenvalue weighted by atomic mass is 10.6. The van der Waals surface area contributed by atoms with Crippen LogP contribution in [0.5, 0.6) is 0 Å². The molecule has 0 saturated heterocycles. The Labute approximate surface area is 65.1 Å². The molecule has 0 bridgehead atoms. The van der Waals surface area contributed by atoms with Gasteiger partial charge in [-0.05, 0) is 0 Å². The van der Waals surface area contributed by atoms with Gasteiger partial charge in [0.05, 0.1) is 0 Å². The molecule has 0 spiro atoms. The van der Waals surface area contributed by atoms with Crippen LogP contribution in [0.25, 0.3) is 0 Å². The van der Waals surface area contributed by atoms with Gasteiger partial charge in [0.1, 0.15) is 0 Å². The van der Waals surface area contributed by atoms with E-state index in [0.29, 0.717) is 19.6 Å². The second kappa shape index (κ2) is 7.26. The molecule has 0 aromatic heterocycles. The second-order valence-corrected chi connectivity index (χ2v) is 1.90. The van der Waals surface area contributed by atoms with Gasteiger partial charge in [-0.3, -0.25) is 5.43 Å². The fourth-order valence-electron chi connectivity index (χ4n) is 0.516. The molecule has 0 aliphatic heterocycles. The van der Waals surface area contributed by atoms with Crippen molar-refractivity contribution in [3.05, 3.63) is 0 Å². The topological polar surface area (TPSA) is 99.4 Å². The quantitative estimate of drug-likeness (QED) is 0.237. The van der Waals surface area contributed by atoms with Crippen LogP contribution in [0.4, 0.5) is 4.79 Å². The van der Waals surface area contributed by atoms with Crippen molar-refractivity contribution in [2.75, 3.05) is 26.2 Å². The summed E-state index contributed by atoms with van der Waals surface area (Å²) in [5, 5.41) is 11.1. The van der Waals surface area contributed by atoms with Crippen molar-refractivity contribution in [2.24, 2.45) is 5.73 Å². The standard InChI is InChI=1S/C5H14N4O2/c6-1-2-7-3-4-8-9-5(10)11/h7-9H,1-4,6H2,(H,10,11). The predicted octanol–water partition coefficient (Wildman–Crippen LogP) is -1.69. The highest BCUT2D eigenvalue weighted by Gasteiger charge is 1.89. The highest BCUT2D eigenvalue weighted by atomic mass is 16.4. The first-order valence-corrected chi connectivity index (χ1v) is 3.40. The van der Waals surface area contributed by atoms with Crippen molar-refractivity contribution in [3.8, 4) is 0 Å². The molecule has 1 amide bonds. The number of nitrogens with one attached hydrogen (secondary N) is 3. The zero-order valence-corrected chi connectivity index (χ0v) is 6.26. The van der Waals surface area contributed by atoms with Gasteiger partial charge >= 0.3 is 6.09 Å². The molecule has 0 atom stereocenters. The van der Waals surface area contributed by atoms with Gasteiger partial charge in [0.25, 0.3) is 0 Å². The van der Waals surface area contributed by atoms with E-state index in [1.165, 1.54) is 0 Å². The van der Waals surface area contributed by atoms with Crippen molar-refractivity contribution in [1.29, 1.82) is 0 Å². The van der Waals surface area contributed by atoms with E-state index in [9.17, 15) is 4.79 Å². The minimum atomic E-state index is -1.08. The molecule has 6 nitrogen and oxygen atoms in total. The second-order valence-electron chi connectivity index (χ2n) is 1.90. The van der Waals surface area contributed by atoms with E-state index in [4.69, 9.17) is 10.8 Å². The molecule has 0 unspecified atom stereocenters. The smallest absolute Gasteiger partial charge is 0.419 e. The Balaban J connectivity index is 2.85. The highest BCUT2D eigenvalue weighted by molar-refractivity contribution is 5.63. The fourth-order valence-corrected chi connectivity index (χ4v) is 0.516. The molecule has 0 aliphatic rings. The summed E-state index contributed by atoms with van der Waals surface area (Å²) in [5.41, 5.74) is 9.71. The summed E-state index contributed by atoms with van der Waals surface area (Å²) >= 11 is 0. The number of carboxylic acid groups (broad SMARTS) is 1. The number of hydrogen-bond donors (Lipinski definition) is 5. The van der Waals surface area contributed by atoms with Gasteiger partial charge in [-0.25, -0.2) is 10.2 Å². The van der Waals surface area contributed by atoms with Gasteiger partial charge in [-0.1, -0.05) is 0 Å². The average Bonchev–Trinajstić information content (AvgIpc) is 1.96. The normalized spacial score (nSPS) is 9.55. The van der Waals surface area contributed by atoms with E-state index >= 15 is 0 Å². The van der Waals surface area contributed by atoms with Crippen LogP contribution in [-0.2, 0) is 0 Å². The molecule has 0 aliphatic carbocycles. The number of hydrogen-bond acceptors (Lipinski definition) is 4. The monoisotopic (exact) mass is 162 g/mol. The molecule has 0 saturated carbocycles.